The number of halogens is 2. The molecule has 0 saturated carbocycles. The van der Waals surface area contributed by atoms with Crippen LogP contribution in [0.3, 0.4) is 0 Å². The lowest BCUT2D eigenvalue weighted by atomic mass is 10.1. The van der Waals surface area contributed by atoms with Gasteiger partial charge in [0.25, 0.3) is 5.91 Å². The van der Waals surface area contributed by atoms with Crippen molar-refractivity contribution in [2.24, 2.45) is 0 Å². The van der Waals surface area contributed by atoms with Crippen molar-refractivity contribution >= 4 is 46.8 Å². The molecule has 1 amide bonds. The first-order valence-corrected chi connectivity index (χ1v) is 9.87. The number of benzene rings is 2. The third kappa shape index (κ3) is 4.80. The molecule has 0 aliphatic heterocycles. The number of anilines is 1. The summed E-state index contributed by atoms with van der Waals surface area (Å²) in [6.07, 6.45) is 1.51. The van der Waals surface area contributed by atoms with Gasteiger partial charge in [-0.3, -0.25) is 4.79 Å². The molecule has 0 atom stereocenters. The van der Waals surface area contributed by atoms with Crippen molar-refractivity contribution in [3.05, 3.63) is 86.7 Å². The quantitative estimate of drug-likeness (QED) is 0.385. The van der Waals surface area contributed by atoms with E-state index in [1.807, 2.05) is 30.6 Å². The second-order valence-corrected chi connectivity index (χ2v) is 7.61. The van der Waals surface area contributed by atoms with E-state index in [0.29, 0.717) is 22.0 Å². The van der Waals surface area contributed by atoms with Crippen LogP contribution < -0.4 is 5.32 Å². The third-order valence-corrected chi connectivity index (χ3v) is 5.21. The van der Waals surface area contributed by atoms with Crippen LogP contribution in [0.25, 0.3) is 11.8 Å². The molecular formula is C23H17Cl2N3O3. The van der Waals surface area contributed by atoms with Crippen molar-refractivity contribution in [1.82, 2.24) is 4.57 Å². The minimum absolute atomic E-state index is 0.0115. The summed E-state index contributed by atoms with van der Waals surface area (Å²) in [6.45, 7) is 3.70. The Morgan fingerprint density at radius 3 is 2.48 bits per heavy atom. The van der Waals surface area contributed by atoms with E-state index in [-0.39, 0.29) is 16.2 Å². The number of carbonyl (C=O) groups is 2. The van der Waals surface area contributed by atoms with E-state index in [1.54, 1.807) is 36.4 Å². The van der Waals surface area contributed by atoms with Gasteiger partial charge in [0.05, 0.1) is 10.6 Å². The van der Waals surface area contributed by atoms with Gasteiger partial charge in [0.1, 0.15) is 11.6 Å². The lowest BCUT2D eigenvalue weighted by molar-refractivity contribution is -0.112. The topological polar surface area (TPSA) is 95.1 Å². The molecule has 1 heterocycles. The van der Waals surface area contributed by atoms with Crippen molar-refractivity contribution in [2.75, 3.05) is 5.32 Å². The Bertz CT molecular complexity index is 1270. The van der Waals surface area contributed by atoms with E-state index in [1.165, 1.54) is 12.1 Å². The maximum Gasteiger partial charge on any atom is 0.337 e. The summed E-state index contributed by atoms with van der Waals surface area (Å²) >= 11 is 12.0. The van der Waals surface area contributed by atoms with E-state index in [2.05, 4.69) is 5.32 Å². The Balaban J connectivity index is 1.96. The number of carboxylic acids is 1. The van der Waals surface area contributed by atoms with Gasteiger partial charge in [-0.2, -0.15) is 5.26 Å². The lowest BCUT2D eigenvalue weighted by Gasteiger charge is -2.11. The molecule has 0 radical (unpaired) electrons. The molecule has 0 saturated heterocycles. The number of aromatic carboxylic acids is 1. The van der Waals surface area contributed by atoms with Gasteiger partial charge >= 0.3 is 5.97 Å². The van der Waals surface area contributed by atoms with Crippen LogP contribution in [0.5, 0.6) is 0 Å². The van der Waals surface area contributed by atoms with Crippen molar-refractivity contribution in [2.45, 2.75) is 13.8 Å². The zero-order valence-electron chi connectivity index (χ0n) is 16.6. The van der Waals surface area contributed by atoms with Gasteiger partial charge in [-0.1, -0.05) is 29.3 Å². The summed E-state index contributed by atoms with van der Waals surface area (Å²) in [5.74, 6) is -1.66. The first-order chi connectivity index (χ1) is 14.7. The van der Waals surface area contributed by atoms with Gasteiger partial charge in [-0.25, -0.2) is 4.79 Å². The first-order valence-electron chi connectivity index (χ1n) is 9.12. The maximum absolute atomic E-state index is 12.6. The Morgan fingerprint density at radius 1 is 1.13 bits per heavy atom. The van der Waals surface area contributed by atoms with Crippen LogP contribution in [0.4, 0.5) is 5.69 Å². The van der Waals surface area contributed by atoms with E-state index in [0.717, 1.165) is 11.4 Å². The Labute approximate surface area is 188 Å². The molecule has 1 aromatic heterocycles. The molecule has 0 spiro atoms. The Hall–Kier alpha value is -3.53. The average Bonchev–Trinajstić information content (AvgIpc) is 2.98. The van der Waals surface area contributed by atoms with Crippen LogP contribution in [0.2, 0.25) is 10.0 Å². The maximum atomic E-state index is 12.6. The predicted octanol–water partition coefficient (Wildman–Crippen LogP) is 5.64. The van der Waals surface area contributed by atoms with E-state index in [4.69, 9.17) is 28.3 Å². The van der Waals surface area contributed by atoms with Gasteiger partial charge in [0.2, 0.25) is 0 Å². The molecule has 3 rings (SSSR count). The van der Waals surface area contributed by atoms with Crippen LogP contribution in [0.1, 0.15) is 27.3 Å². The fourth-order valence-corrected chi connectivity index (χ4v) is 3.66. The highest BCUT2D eigenvalue weighted by atomic mass is 35.5. The van der Waals surface area contributed by atoms with Crippen LogP contribution >= 0.6 is 23.2 Å². The highest BCUT2D eigenvalue weighted by Crippen LogP contribution is 2.27. The number of amides is 1. The molecule has 0 aliphatic rings. The summed E-state index contributed by atoms with van der Waals surface area (Å²) in [4.78, 5) is 23.8. The van der Waals surface area contributed by atoms with Gasteiger partial charge in [0, 0.05) is 27.8 Å². The molecule has 2 N–H and O–H groups in total. The number of hydrogen-bond acceptors (Lipinski definition) is 3. The second-order valence-electron chi connectivity index (χ2n) is 6.77. The molecule has 31 heavy (non-hydrogen) atoms. The first kappa shape index (κ1) is 22.2. The number of carboxylic acid groups (broad SMARTS) is 1. The molecule has 2 aromatic carbocycles. The predicted molar refractivity (Wildman–Crippen MR) is 121 cm³/mol. The van der Waals surface area contributed by atoms with Crippen molar-refractivity contribution < 1.29 is 14.7 Å². The van der Waals surface area contributed by atoms with E-state index < -0.39 is 11.9 Å². The zero-order chi connectivity index (χ0) is 22.7. The number of aromatic nitrogens is 1. The normalized spacial score (nSPS) is 11.1. The van der Waals surface area contributed by atoms with Crippen LogP contribution in [-0.2, 0) is 4.79 Å². The van der Waals surface area contributed by atoms with Crippen molar-refractivity contribution in [3.8, 4) is 11.8 Å². The van der Waals surface area contributed by atoms with Crippen LogP contribution in [0.15, 0.2) is 54.1 Å². The summed E-state index contributed by atoms with van der Waals surface area (Å²) in [5, 5.41) is 21.9. The summed E-state index contributed by atoms with van der Waals surface area (Å²) < 4.78 is 1.87. The summed E-state index contributed by atoms with van der Waals surface area (Å²) in [5.41, 5.74) is 3.37. The fourth-order valence-electron chi connectivity index (χ4n) is 3.22. The van der Waals surface area contributed by atoms with Gasteiger partial charge in [-0.05, 0) is 68.0 Å². The zero-order valence-corrected chi connectivity index (χ0v) is 18.1. The van der Waals surface area contributed by atoms with E-state index in [9.17, 15) is 14.9 Å². The van der Waals surface area contributed by atoms with Gasteiger partial charge in [0.15, 0.2) is 0 Å². The number of aryl methyl sites for hydroxylation is 1. The molecule has 0 unspecified atom stereocenters. The molecule has 156 valence electrons. The van der Waals surface area contributed by atoms with Crippen molar-refractivity contribution in [3.63, 3.8) is 0 Å². The minimum atomic E-state index is -1.11. The lowest BCUT2D eigenvalue weighted by Crippen LogP contribution is -2.13. The molecule has 8 heteroatoms. The summed E-state index contributed by atoms with van der Waals surface area (Å²) in [6, 6.07) is 15.1. The van der Waals surface area contributed by atoms with Crippen molar-refractivity contribution in [1.29, 1.82) is 5.26 Å². The molecule has 0 aliphatic carbocycles. The number of nitrogens with zero attached hydrogens (tertiary/aromatic N) is 2. The fraction of sp³-hybridized carbons (Fsp3) is 0.0870. The van der Waals surface area contributed by atoms with Crippen LogP contribution in [-0.4, -0.2) is 21.6 Å². The third-order valence-electron chi connectivity index (χ3n) is 4.66. The molecule has 3 aromatic rings. The highest BCUT2D eigenvalue weighted by molar-refractivity contribution is 6.33. The number of nitriles is 1. The van der Waals surface area contributed by atoms with Gasteiger partial charge < -0.3 is 15.0 Å². The molecule has 0 bridgehead atoms. The number of rotatable bonds is 5. The second kappa shape index (κ2) is 9.09. The molecular weight excluding hydrogens is 437 g/mol. The largest absolute Gasteiger partial charge is 0.478 e. The number of nitrogens with one attached hydrogen (secondary N) is 1. The number of hydrogen-bond donors (Lipinski definition) is 2. The average molecular weight is 454 g/mol. The monoisotopic (exact) mass is 453 g/mol. The van der Waals surface area contributed by atoms with Crippen LogP contribution in [0, 0.1) is 25.2 Å². The standard InChI is InChI=1S/C23H17Cl2N3O3/c1-13-8-15(9-16(12-26)22(29)27-18-5-3-4-17(24)10-18)14(2)28(13)19-6-7-20(23(30)31)21(25)11-19/h3-11H,1-2H3,(H,27,29)(H,30,31)/b16-9-. The molecule has 6 nitrogen and oxygen atoms in total. The Morgan fingerprint density at radius 2 is 1.87 bits per heavy atom. The van der Waals surface area contributed by atoms with Gasteiger partial charge in [-0.15, -0.1) is 0 Å². The van der Waals surface area contributed by atoms with E-state index >= 15 is 0 Å². The summed E-state index contributed by atoms with van der Waals surface area (Å²) in [7, 11) is 0. The smallest absolute Gasteiger partial charge is 0.337 e. The number of carbonyl (C=O) groups excluding carboxylic acids is 1. The molecule has 0 fully saturated rings. The SMILES string of the molecule is Cc1cc(/C=C(/C#N)C(=O)Nc2cccc(Cl)c2)c(C)n1-c1ccc(C(=O)O)c(Cl)c1. The minimum Gasteiger partial charge on any atom is -0.478 e. The Kier molecular flexibility index (Phi) is 6.50. The highest BCUT2D eigenvalue weighted by Gasteiger charge is 2.16.